The molecule has 0 amide bonds. The predicted octanol–water partition coefficient (Wildman–Crippen LogP) is 5.15. The third kappa shape index (κ3) is 3.02. The number of rotatable bonds is 3. The van der Waals surface area contributed by atoms with E-state index in [1.165, 1.54) is 17.7 Å². The van der Waals surface area contributed by atoms with Crippen molar-refractivity contribution in [2.24, 2.45) is 5.10 Å². The molecule has 144 valence electrons. The summed E-state index contributed by atoms with van der Waals surface area (Å²) in [6, 6.07) is 23.0. The quantitative estimate of drug-likeness (QED) is 0.462. The minimum atomic E-state index is -0.432. The minimum absolute atomic E-state index is 0.0618. The fourth-order valence-corrected chi connectivity index (χ4v) is 3.94. The zero-order chi connectivity index (χ0) is 20.0. The molecule has 0 aromatic heterocycles. The summed E-state index contributed by atoms with van der Waals surface area (Å²) >= 11 is 0. The lowest BCUT2D eigenvalue weighted by Gasteiger charge is -2.38. The van der Waals surface area contributed by atoms with Gasteiger partial charge in [-0.2, -0.15) is 5.10 Å². The lowest BCUT2D eigenvalue weighted by atomic mass is 9.95. The summed E-state index contributed by atoms with van der Waals surface area (Å²) in [6.07, 6.45) is 0.353. The monoisotopic (exact) mass is 385 g/mol. The van der Waals surface area contributed by atoms with Crippen LogP contribution < -0.4 is 4.74 Å². The number of hydrazone groups is 1. The minimum Gasteiger partial charge on any atom is -0.464 e. The Kier molecular flexibility index (Phi) is 4.05. The van der Waals surface area contributed by atoms with Crippen molar-refractivity contribution in [1.82, 2.24) is 5.01 Å². The van der Waals surface area contributed by atoms with Gasteiger partial charge in [-0.25, -0.2) is 5.01 Å². The van der Waals surface area contributed by atoms with Gasteiger partial charge in [-0.15, -0.1) is 0 Å². The van der Waals surface area contributed by atoms with Crippen molar-refractivity contribution < 1.29 is 9.66 Å². The number of benzene rings is 3. The predicted molar refractivity (Wildman–Crippen MR) is 110 cm³/mol. The molecule has 6 heteroatoms. The highest BCUT2D eigenvalue weighted by Crippen LogP contribution is 2.47. The van der Waals surface area contributed by atoms with Crippen LogP contribution in [0.1, 0.15) is 40.9 Å². The summed E-state index contributed by atoms with van der Waals surface area (Å²) in [7, 11) is 0. The fourth-order valence-electron chi connectivity index (χ4n) is 3.94. The van der Waals surface area contributed by atoms with Crippen molar-refractivity contribution in [2.45, 2.75) is 25.6 Å². The zero-order valence-corrected chi connectivity index (χ0v) is 15.9. The van der Waals surface area contributed by atoms with Crippen LogP contribution in [0.2, 0.25) is 0 Å². The van der Waals surface area contributed by atoms with Crippen molar-refractivity contribution in [3.05, 3.63) is 105 Å². The summed E-state index contributed by atoms with van der Waals surface area (Å²) in [5.74, 6) is 0.831. The third-order valence-corrected chi connectivity index (χ3v) is 5.47. The molecule has 0 radical (unpaired) electrons. The van der Waals surface area contributed by atoms with Crippen molar-refractivity contribution in [3.8, 4) is 5.75 Å². The van der Waals surface area contributed by atoms with Crippen LogP contribution in [0.5, 0.6) is 5.75 Å². The third-order valence-electron chi connectivity index (χ3n) is 5.47. The number of nitro groups is 1. The molecule has 0 fully saturated rings. The maximum Gasteiger partial charge on any atom is 0.269 e. The average molecular weight is 385 g/mol. The van der Waals surface area contributed by atoms with Gasteiger partial charge in [-0.3, -0.25) is 10.1 Å². The van der Waals surface area contributed by atoms with E-state index in [1.807, 2.05) is 23.2 Å². The molecule has 0 N–H and O–H groups in total. The maximum absolute atomic E-state index is 11.0. The second-order valence-electron chi connectivity index (χ2n) is 7.37. The van der Waals surface area contributed by atoms with Gasteiger partial charge in [0.25, 0.3) is 5.69 Å². The first-order chi connectivity index (χ1) is 14.1. The van der Waals surface area contributed by atoms with E-state index < -0.39 is 11.2 Å². The van der Waals surface area contributed by atoms with Crippen molar-refractivity contribution in [2.75, 3.05) is 0 Å². The summed E-state index contributed by atoms with van der Waals surface area (Å²) in [4.78, 5) is 10.6. The first-order valence-corrected chi connectivity index (χ1v) is 9.53. The molecule has 0 bridgehead atoms. The van der Waals surface area contributed by atoms with Gasteiger partial charge in [0.15, 0.2) is 0 Å². The van der Waals surface area contributed by atoms with E-state index in [1.54, 1.807) is 12.1 Å². The van der Waals surface area contributed by atoms with Crippen LogP contribution in [0.3, 0.4) is 0 Å². The van der Waals surface area contributed by atoms with Gasteiger partial charge >= 0.3 is 0 Å². The number of nitro benzene ring substituents is 1. The van der Waals surface area contributed by atoms with E-state index in [-0.39, 0.29) is 11.7 Å². The van der Waals surface area contributed by atoms with Gasteiger partial charge in [0.1, 0.15) is 5.75 Å². The number of para-hydroxylation sites is 1. The van der Waals surface area contributed by atoms with Crippen LogP contribution in [0, 0.1) is 17.0 Å². The Bertz CT molecular complexity index is 1110. The van der Waals surface area contributed by atoms with Crippen LogP contribution >= 0.6 is 0 Å². The standard InChI is InChI=1S/C23H19N3O3/c1-15-6-8-16(9-7-15)20-14-21-19-4-2-3-5-22(19)29-23(25(21)24-20)17-10-12-18(13-11-17)26(27)28/h2-13,21,23H,14H2,1H3/t21-,23+/m1/s1. The van der Waals surface area contributed by atoms with Crippen molar-refractivity contribution in [1.29, 1.82) is 0 Å². The molecular formula is C23H19N3O3. The van der Waals surface area contributed by atoms with Crippen LogP contribution in [0.25, 0.3) is 0 Å². The summed E-state index contributed by atoms with van der Waals surface area (Å²) in [6.45, 7) is 2.07. The van der Waals surface area contributed by atoms with E-state index in [0.717, 1.165) is 34.6 Å². The van der Waals surface area contributed by atoms with Crippen molar-refractivity contribution >= 4 is 11.4 Å². The highest BCUT2D eigenvalue weighted by atomic mass is 16.6. The Morgan fingerprint density at radius 2 is 1.76 bits per heavy atom. The van der Waals surface area contributed by atoms with Crippen LogP contribution in [-0.4, -0.2) is 15.6 Å². The molecule has 2 heterocycles. The zero-order valence-electron chi connectivity index (χ0n) is 15.9. The van der Waals surface area contributed by atoms with Gasteiger partial charge in [0.05, 0.1) is 16.7 Å². The summed E-state index contributed by atoms with van der Waals surface area (Å²) in [5.41, 5.74) is 5.34. The maximum atomic E-state index is 11.0. The molecule has 2 aliphatic heterocycles. The van der Waals surface area contributed by atoms with Gasteiger partial charge < -0.3 is 4.74 Å². The number of nitrogens with zero attached hydrogens (tertiary/aromatic N) is 3. The normalized spacial score (nSPS) is 19.8. The first kappa shape index (κ1) is 17.4. The highest BCUT2D eigenvalue weighted by molar-refractivity contribution is 6.02. The van der Waals surface area contributed by atoms with Crippen molar-refractivity contribution in [3.63, 3.8) is 0 Å². The van der Waals surface area contributed by atoms with Gasteiger partial charge in [0.2, 0.25) is 6.23 Å². The van der Waals surface area contributed by atoms with Gasteiger partial charge in [-0.05, 0) is 30.7 Å². The average Bonchev–Trinajstić information content (AvgIpc) is 3.19. The molecule has 6 nitrogen and oxygen atoms in total. The van der Waals surface area contributed by atoms with Gasteiger partial charge in [-0.1, -0.05) is 48.0 Å². The lowest BCUT2D eigenvalue weighted by Crippen LogP contribution is -2.33. The molecule has 2 aliphatic rings. The Labute approximate surface area is 168 Å². The number of aryl methyl sites for hydroxylation is 1. The molecular weight excluding hydrogens is 366 g/mol. The summed E-state index contributed by atoms with van der Waals surface area (Å²) < 4.78 is 6.28. The molecule has 0 saturated heterocycles. The van der Waals surface area contributed by atoms with Gasteiger partial charge in [0, 0.05) is 29.7 Å². The molecule has 0 unspecified atom stereocenters. The van der Waals surface area contributed by atoms with Crippen LogP contribution in [0.4, 0.5) is 5.69 Å². The SMILES string of the molecule is Cc1ccc(C2=NN3[C@H](C2)c2ccccc2O[C@H]3c2ccc([N+](=O)[O-])cc2)cc1. The largest absolute Gasteiger partial charge is 0.464 e. The van der Waals surface area contributed by atoms with E-state index in [2.05, 4.69) is 37.3 Å². The molecule has 5 rings (SSSR count). The number of hydrogen-bond acceptors (Lipinski definition) is 5. The Morgan fingerprint density at radius 3 is 2.48 bits per heavy atom. The smallest absolute Gasteiger partial charge is 0.269 e. The van der Waals surface area contributed by atoms with E-state index in [4.69, 9.17) is 9.84 Å². The van der Waals surface area contributed by atoms with E-state index >= 15 is 0 Å². The second kappa shape index (κ2) is 6.74. The first-order valence-electron chi connectivity index (χ1n) is 9.53. The topological polar surface area (TPSA) is 68.0 Å². The molecule has 2 atom stereocenters. The second-order valence-corrected chi connectivity index (χ2v) is 7.37. The number of hydrogen-bond donors (Lipinski definition) is 0. The Balaban J connectivity index is 1.56. The molecule has 3 aromatic rings. The molecule has 0 spiro atoms. The number of non-ortho nitro benzene ring substituents is 1. The lowest BCUT2D eigenvalue weighted by molar-refractivity contribution is -0.384. The number of ether oxygens (including phenoxy) is 1. The highest BCUT2D eigenvalue weighted by Gasteiger charge is 2.40. The fraction of sp³-hybridized carbons (Fsp3) is 0.174. The molecule has 0 saturated carbocycles. The molecule has 3 aromatic carbocycles. The Morgan fingerprint density at radius 1 is 1.03 bits per heavy atom. The van der Waals surface area contributed by atoms with Crippen LogP contribution in [0.15, 0.2) is 77.9 Å². The van der Waals surface area contributed by atoms with Crippen LogP contribution in [-0.2, 0) is 0 Å². The molecule has 0 aliphatic carbocycles. The van der Waals surface area contributed by atoms with E-state index in [0.29, 0.717) is 0 Å². The summed E-state index contributed by atoms with van der Waals surface area (Å²) in [5, 5.41) is 17.9. The Hall–Kier alpha value is -3.67. The van der Waals surface area contributed by atoms with E-state index in [9.17, 15) is 10.1 Å². The number of fused-ring (bicyclic) bond motifs is 3. The molecule has 29 heavy (non-hydrogen) atoms.